The summed E-state index contributed by atoms with van der Waals surface area (Å²) in [6.07, 6.45) is 0. The maximum atomic E-state index is 12.9. The molecule has 1 aliphatic heterocycles. The van der Waals surface area contributed by atoms with Crippen LogP contribution < -0.4 is 10.9 Å². The maximum absolute atomic E-state index is 12.9. The van der Waals surface area contributed by atoms with Crippen LogP contribution in [0.2, 0.25) is 0 Å². The van der Waals surface area contributed by atoms with Crippen molar-refractivity contribution in [2.24, 2.45) is 0 Å². The first-order valence-electron chi connectivity index (χ1n) is 7.98. The molecule has 3 aromatic rings. The first-order valence-corrected chi connectivity index (χ1v) is 10.0. The molecular formula is C17H16N4O3S2. The van der Waals surface area contributed by atoms with E-state index < -0.39 is 5.54 Å². The van der Waals surface area contributed by atoms with Crippen molar-refractivity contribution in [3.05, 3.63) is 51.3 Å². The first-order chi connectivity index (χ1) is 12.5. The van der Waals surface area contributed by atoms with E-state index in [0.717, 1.165) is 27.6 Å². The zero-order valence-corrected chi connectivity index (χ0v) is 15.8. The second kappa shape index (κ2) is 6.40. The highest BCUT2D eigenvalue weighted by Crippen LogP contribution is 2.35. The molecule has 0 spiro atoms. The van der Waals surface area contributed by atoms with E-state index in [0.29, 0.717) is 11.6 Å². The first kappa shape index (κ1) is 17.0. The SMILES string of the molecule is CC(C)(C(=O)Nc1onc2c1CSC2)n1nc(-c2cccs2)ccc1=O. The van der Waals surface area contributed by atoms with E-state index in [1.807, 2.05) is 17.5 Å². The Hall–Kier alpha value is -2.39. The summed E-state index contributed by atoms with van der Waals surface area (Å²) < 4.78 is 6.46. The number of thioether (sulfide) groups is 1. The second-order valence-corrected chi connectivity index (χ2v) is 8.32. The molecule has 134 valence electrons. The van der Waals surface area contributed by atoms with Gasteiger partial charge in [0.25, 0.3) is 11.5 Å². The van der Waals surface area contributed by atoms with Gasteiger partial charge in [0.05, 0.1) is 16.1 Å². The number of nitrogens with zero attached hydrogens (tertiary/aromatic N) is 3. The summed E-state index contributed by atoms with van der Waals surface area (Å²) >= 11 is 3.24. The van der Waals surface area contributed by atoms with Crippen molar-refractivity contribution in [2.75, 3.05) is 5.32 Å². The van der Waals surface area contributed by atoms with Crippen LogP contribution in [0.1, 0.15) is 25.1 Å². The van der Waals surface area contributed by atoms with Crippen LogP contribution >= 0.6 is 23.1 Å². The number of hydrogen-bond acceptors (Lipinski definition) is 7. The third kappa shape index (κ3) is 2.86. The summed E-state index contributed by atoms with van der Waals surface area (Å²) in [5, 5.41) is 13.1. The van der Waals surface area contributed by atoms with Crippen molar-refractivity contribution in [3.63, 3.8) is 0 Å². The van der Waals surface area contributed by atoms with Crippen LogP contribution in [0.25, 0.3) is 10.6 Å². The van der Waals surface area contributed by atoms with Gasteiger partial charge < -0.3 is 4.52 Å². The number of hydrogen-bond donors (Lipinski definition) is 1. The zero-order chi connectivity index (χ0) is 18.3. The molecule has 1 aliphatic rings. The Morgan fingerprint density at radius 3 is 2.92 bits per heavy atom. The van der Waals surface area contributed by atoms with Crippen LogP contribution in [0.5, 0.6) is 0 Å². The lowest BCUT2D eigenvalue weighted by atomic mass is 10.0. The Morgan fingerprint density at radius 1 is 1.31 bits per heavy atom. The molecule has 0 unspecified atom stereocenters. The van der Waals surface area contributed by atoms with E-state index in [9.17, 15) is 9.59 Å². The van der Waals surface area contributed by atoms with Gasteiger partial charge in [0.2, 0.25) is 5.88 Å². The number of thiophene rings is 1. The van der Waals surface area contributed by atoms with E-state index in [2.05, 4.69) is 15.6 Å². The number of aromatic nitrogens is 3. The van der Waals surface area contributed by atoms with E-state index in [-0.39, 0.29) is 11.5 Å². The minimum Gasteiger partial charge on any atom is -0.338 e. The smallest absolute Gasteiger partial charge is 0.267 e. The van der Waals surface area contributed by atoms with Crippen LogP contribution in [-0.2, 0) is 21.8 Å². The second-order valence-electron chi connectivity index (χ2n) is 6.39. The number of anilines is 1. The monoisotopic (exact) mass is 388 g/mol. The molecule has 0 saturated carbocycles. The number of fused-ring (bicyclic) bond motifs is 1. The lowest BCUT2D eigenvalue weighted by Crippen LogP contribution is -2.47. The Kier molecular flexibility index (Phi) is 4.20. The van der Waals surface area contributed by atoms with Gasteiger partial charge in [0.15, 0.2) is 0 Å². The lowest BCUT2D eigenvalue weighted by molar-refractivity contribution is -0.123. The highest BCUT2D eigenvalue weighted by molar-refractivity contribution is 7.98. The number of carbonyl (C=O) groups excluding carboxylic acids is 1. The predicted molar refractivity (Wildman–Crippen MR) is 101 cm³/mol. The zero-order valence-electron chi connectivity index (χ0n) is 14.2. The minimum atomic E-state index is -1.20. The molecule has 26 heavy (non-hydrogen) atoms. The van der Waals surface area contributed by atoms with Gasteiger partial charge in [-0.05, 0) is 31.4 Å². The van der Waals surface area contributed by atoms with Gasteiger partial charge in [-0.3, -0.25) is 14.9 Å². The van der Waals surface area contributed by atoms with Crippen molar-refractivity contribution >= 4 is 34.9 Å². The number of carbonyl (C=O) groups is 1. The molecule has 7 nitrogen and oxygen atoms in total. The third-order valence-electron chi connectivity index (χ3n) is 4.24. The van der Waals surface area contributed by atoms with E-state index in [1.165, 1.54) is 22.1 Å². The summed E-state index contributed by atoms with van der Waals surface area (Å²) in [5.74, 6) is 1.50. The van der Waals surface area contributed by atoms with Gasteiger partial charge in [-0.1, -0.05) is 11.2 Å². The summed E-state index contributed by atoms with van der Waals surface area (Å²) in [6, 6.07) is 6.93. The van der Waals surface area contributed by atoms with E-state index in [1.54, 1.807) is 31.7 Å². The molecule has 0 bridgehead atoms. The molecule has 1 N–H and O–H groups in total. The summed E-state index contributed by atoms with van der Waals surface area (Å²) in [4.78, 5) is 26.2. The maximum Gasteiger partial charge on any atom is 0.267 e. The molecule has 3 aromatic heterocycles. The van der Waals surface area contributed by atoms with Gasteiger partial charge in [-0.15, -0.1) is 11.3 Å². The molecule has 0 radical (unpaired) electrons. The lowest BCUT2D eigenvalue weighted by Gasteiger charge is -2.24. The molecule has 9 heteroatoms. The molecule has 1 amide bonds. The largest absolute Gasteiger partial charge is 0.338 e. The van der Waals surface area contributed by atoms with Gasteiger partial charge in [0, 0.05) is 17.6 Å². The Balaban J connectivity index is 1.66. The third-order valence-corrected chi connectivity index (χ3v) is 6.10. The van der Waals surface area contributed by atoms with Crippen LogP contribution in [0.3, 0.4) is 0 Å². The van der Waals surface area contributed by atoms with Crippen LogP contribution in [0.15, 0.2) is 39.0 Å². The van der Waals surface area contributed by atoms with E-state index >= 15 is 0 Å². The highest BCUT2D eigenvalue weighted by Gasteiger charge is 2.34. The normalized spacial score (nSPS) is 13.6. The van der Waals surface area contributed by atoms with Crippen molar-refractivity contribution in [1.82, 2.24) is 14.9 Å². The molecule has 0 fully saturated rings. The van der Waals surface area contributed by atoms with Crippen molar-refractivity contribution in [1.29, 1.82) is 0 Å². The molecule has 4 heterocycles. The molecule has 4 rings (SSSR count). The van der Waals surface area contributed by atoms with E-state index in [4.69, 9.17) is 4.52 Å². The summed E-state index contributed by atoms with van der Waals surface area (Å²) in [5.41, 5.74) is 0.876. The minimum absolute atomic E-state index is 0.344. The molecule has 0 saturated heterocycles. The van der Waals surface area contributed by atoms with Gasteiger partial charge in [-0.2, -0.15) is 16.9 Å². The molecule has 0 aromatic carbocycles. The molecule has 0 aliphatic carbocycles. The van der Waals surface area contributed by atoms with Gasteiger partial charge >= 0.3 is 0 Å². The number of amides is 1. The quantitative estimate of drug-likeness (QED) is 0.739. The predicted octanol–water partition coefficient (Wildman–Crippen LogP) is 3.08. The molecular weight excluding hydrogens is 372 g/mol. The van der Waals surface area contributed by atoms with Gasteiger partial charge in [-0.25, -0.2) is 4.68 Å². The Bertz CT molecular complexity index is 1020. The van der Waals surface area contributed by atoms with Crippen LogP contribution in [-0.4, -0.2) is 20.8 Å². The van der Waals surface area contributed by atoms with Gasteiger partial charge in [0.1, 0.15) is 11.2 Å². The highest BCUT2D eigenvalue weighted by atomic mass is 32.2. The van der Waals surface area contributed by atoms with Crippen molar-refractivity contribution < 1.29 is 9.32 Å². The Labute approximate surface area is 157 Å². The number of nitrogens with one attached hydrogen (secondary N) is 1. The van der Waals surface area contributed by atoms with Crippen LogP contribution in [0, 0.1) is 0 Å². The summed E-state index contributed by atoms with van der Waals surface area (Å²) in [6.45, 7) is 3.31. The topological polar surface area (TPSA) is 90.0 Å². The summed E-state index contributed by atoms with van der Waals surface area (Å²) in [7, 11) is 0. The van der Waals surface area contributed by atoms with Crippen molar-refractivity contribution in [3.8, 4) is 10.6 Å². The van der Waals surface area contributed by atoms with Crippen LogP contribution in [0.4, 0.5) is 5.88 Å². The average Bonchev–Trinajstić information content (AvgIpc) is 3.34. The average molecular weight is 388 g/mol. The standard InChI is InChI=1S/C17H16N4O3S2/c1-17(2,16(23)18-15-10-8-25-9-12(10)20-24-15)21-14(22)6-5-11(19-21)13-4-3-7-26-13/h3-7H,8-9H2,1-2H3,(H,18,23). The number of rotatable bonds is 4. The van der Waals surface area contributed by atoms with Crippen molar-refractivity contribution in [2.45, 2.75) is 30.9 Å². The fourth-order valence-electron chi connectivity index (χ4n) is 2.67. The fourth-order valence-corrected chi connectivity index (χ4v) is 4.39. The Morgan fingerprint density at radius 2 is 2.15 bits per heavy atom. The fraction of sp³-hybridized carbons (Fsp3) is 0.294. The molecule has 0 atom stereocenters.